The predicted molar refractivity (Wildman–Crippen MR) is 73.0 cm³/mol. The van der Waals surface area contributed by atoms with Crippen LogP contribution in [-0.2, 0) is 0 Å². The molecule has 0 saturated carbocycles. The van der Waals surface area contributed by atoms with Crippen LogP contribution in [0.2, 0.25) is 0 Å². The highest BCUT2D eigenvalue weighted by Crippen LogP contribution is 2.28. The Bertz CT molecular complexity index is 671. The monoisotopic (exact) mass is 261 g/mol. The van der Waals surface area contributed by atoms with Crippen LogP contribution in [0.3, 0.4) is 0 Å². The molecular weight excluding hydrogens is 246 g/mol. The van der Waals surface area contributed by atoms with Crippen molar-refractivity contribution in [2.24, 2.45) is 0 Å². The number of rotatable bonds is 4. The minimum atomic E-state index is -1.26. The van der Waals surface area contributed by atoms with E-state index in [9.17, 15) is 14.7 Å². The van der Waals surface area contributed by atoms with Crippen molar-refractivity contribution in [1.29, 1.82) is 0 Å². The maximum atomic E-state index is 11.9. The van der Waals surface area contributed by atoms with E-state index in [2.05, 4.69) is 0 Å². The van der Waals surface area contributed by atoms with Crippen molar-refractivity contribution in [2.45, 2.75) is 13.8 Å². The fourth-order valence-electron chi connectivity index (χ4n) is 2.19. The van der Waals surface area contributed by atoms with E-state index in [-0.39, 0.29) is 5.56 Å². The van der Waals surface area contributed by atoms with Crippen LogP contribution >= 0.6 is 0 Å². The van der Waals surface area contributed by atoms with Crippen LogP contribution in [0, 0.1) is 0 Å². The first kappa shape index (κ1) is 13.1. The zero-order valence-electron chi connectivity index (χ0n) is 10.8. The van der Waals surface area contributed by atoms with Gasteiger partial charge < -0.3 is 14.4 Å². The zero-order chi connectivity index (χ0) is 14.0. The summed E-state index contributed by atoms with van der Waals surface area (Å²) in [5, 5.41) is 9.90. The molecule has 100 valence electrons. The highest BCUT2D eigenvalue weighted by molar-refractivity contribution is 6.03. The number of aromatic carboxylic acids is 1. The fraction of sp³-hybridized carbons (Fsp3) is 0.286. The minimum absolute atomic E-state index is 0.303. The standard InChI is InChI=1S/C14H15NO4/c1-3-15(4-2)12-9-7-5-6-8-10(9)19-14(18)11(12)13(16)17/h5-8H,3-4H2,1-2H3,(H,16,17). The maximum Gasteiger partial charge on any atom is 0.353 e. The molecule has 0 amide bonds. The lowest BCUT2D eigenvalue weighted by atomic mass is 10.1. The minimum Gasteiger partial charge on any atom is -0.477 e. The smallest absolute Gasteiger partial charge is 0.353 e. The van der Waals surface area contributed by atoms with E-state index in [1.165, 1.54) is 0 Å². The molecule has 5 nitrogen and oxygen atoms in total. The summed E-state index contributed by atoms with van der Waals surface area (Å²) in [7, 11) is 0. The van der Waals surface area contributed by atoms with Crippen molar-refractivity contribution in [3.8, 4) is 0 Å². The number of carboxylic acids is 1. The van der Waals surface area contributed by atoms with Crippen LogP contribution in [0.5, 0.6) is 0 Å². The van der Waals surface area contributed by atoms with Gasteiger partial charge in [0.05, 0.1) is 5.69 Å². The molecule has 0 bridgehead atoms. The van der Waals surface area contributed by atoms with Gasteiger partial charge in [-0.3, -0.25) is 0 Å². The van der Waals surface area contributed by atoms with Crippen molar-refractivity contribution in [2.75, 3.05) is 18.0 Å². The molecule has 1 aromatic heterocycles. The SMILES string of the molecule is CCN(CC)c1c(C(=O)O)c(=O)oc2ccccc12. The van der Waals surface area contributed by atoms with Crippen LogP contribution in [0.25, 0.3) is 11.0 Å². The van der Waals surface area contributed by atoms with Crippen LogP contribution < -0.4 is 10.5 Å². The Morgan fingerprint density at radius 3 is 2.47 bits per heavy atom. The Balaban J connectivity index is 2.92. The van der Waals surface area contributed by atoms with Crippen molar-refractivity contribution in [3.63, 3.8) is 0 Å². The molecule has 0 atom stereocenters. The number of hydrogen-bond acceptors (Lipinski definition) is 4. The van der Waals surface area contributed by atoms with Crippen LogP contribution in [-0.4, -0.2) is 24.2 Å². The number of hydrogen-bond donors (Lipinski definition) is 1. The first-order valence-electron chi connectivity index (χ1n) is 6.14. The summed E-state index contributed by atoms with van der Waals surface area (Å²) in [6.07, 6.45) is 0. The van der Waals surface area contributed by atoms with Gasteiger partial charge in [0.25, 0.3) is 0 Å². The Hall–Kier alpha value is -2.30. The lowest BCUT2D eigenvalue weighted by Gasteiger charge is -2.23. The van der Waals surface area contributed by atoms with Crippen molar-refractivity contribution >= 4 is 22.6 Å². The lowest BCUT2D eigenvalue weighted by Crippen LogP contribution is -2.28. The van der Waals surface area contributed by atoms with Crippen LogP contribution in [0.4, 0.5) is 5.69 Å². The summed E-state index contributed by atoms with van der Waals surface area (Å²) in [6.45, 7) is 5.06. The van der Waals surface area contributed by atoms with Crippen LogP contribution in [0.1, 0.15) is 24.2 Å². The summed E-state index contributed by atoms with van der Waals surface area (Å²) in [5.41, 5.74) is -0.278. The number of nitrogens with zero attached hydrogens (tertiary/aromatic N) is 1. The molecule has 19 heavy (non-hydrogen) atoms. The first-order chi connectivity index (χ1) is 9.10. The summed E-state index contributed by atoms with van der Waals surface area (Å²) in [6, 6.07) is 6.96. The second-order valence-electron chi connectivity index (χ2n) is 4.09. The Morgan fingerprint density at radius 1 is 1.26 bits per heavy atom. The number of carboxylic acid groups (broad SMARTS) is 1. The fourth-order valence-corrected chi connectivity index (χ4v) is 2.19. The van der Waals surface area contributed by atoms with Gasteiger partial charge >= 0.3 is 11.6 Å². The van der Waals surface area contributed by atoms with Gasteiger partial charge in [-0.1, -0.05) is 12.1 Å². The number of benzene rings is 1. The average molecular weight is 261 g/mol. The second kappa shape index (κ2) is 5.14. The summed E-state index contributed by atoms with van der Waals surface area (Å²) in [4.78, 5) is 25.0. The molecule has 2 rings (SSSR count). The average Bonchev–Trinajstić information content (AvgIpc) is 2.39. The largest absolute Gasteiger partial charge is 0.477 e. The van der Waals surface area contributed by atoms with Gasteiger partial charge in [-0.15, -0.1) is 0 Å². The highest BCUT2D eigenvalue weighted by atomic mass is 16.4. The Kier molecular flexibility index (Phi) is 3.55. The second-order valence-corrected chi connectivity index (χ2v) is 4.09. The van der Waals surface area contributed by atoms with Gasteiger partial charge in [-0.25, -0.2) is 9.59 Å². The number of para-hydroxylation sites is 1. The lowest BCUT2D eigenvalue weighted by molar-refractivity contribution is 0.0693. The molecule has 1 aromatic carbocycles. The third-order valence-electron chi connectivity index (χ3n) is 3.08. The van der Waals surface area contributed by atoms with Crippen molar-refractivity contribution in [3.05, 3.63) is 40.2 Å². The molecule has 0 radical (unpaired) electrons. The zero-order valence-corrected chi connectivity index (χ0v) is 10.8. The maximum absolute atomic E-state index is 11.9. The van der Waals surface area contributed by atoms with E-state index < -0.39 is 11.6 Å². The van der Waals surface area contributed by atoms with E-state index >= 15 is 0 Å². The third-order valence-corrected chi connectivity index (χ3v) is 3.08. The van der Waals surface area contributed by atoms with Crippen LogP contribution in [0.15, 0.2) is 33.5 Å². The number of anilines is 1. The number of fused-ring (bicyclic) bond motifs is 1. The molecule has 0 fully saturated rings. The first-order valence-corrected chi connectivity index (χ1v) is 6.14. The van der Waals surface area contributed by atoms with Gasteiger partial charge in [0.2, 0.25) is 0 Å². The molecule has 0 aliphatic rings. The van der Waals surface area contributed by atoms with Gasteiger partial charge in [0.1, 0.15) is 5.58 Å². The van der Waals surface area contributed by atoms with Crippen molar-refractivity contribution < 1.29 is 14.3 Å². The van der Waals surface area contributed by atoms with E-state index in [1.807, 2.05) is 18.7 Å². The van der Waals surface area contributed by atoms with Gasteiger partial charge in [0, 0.05) is 18.5 Å². The van der Waals surface area contributed by atoms with E-state index in [0.29, 0.717) is 29.7 Å². The molecule has 0 aliphatic carbocycles. The molecule has 0 saturated heterocycles. The van der Waals surface area contributed by atoms with E-state index in [1.54, 1.807) is 24.3 Å². The quantitative estimate of drug-likeness (QED) is 0.855. The molecular formula is C14H15NO4. The third kappa shape index (κ3) is 2.19. The normalized spacial score (nSPS) is 10.6. The molecule has 5 heteroatoms. The summed E-state index contributed by atoms with van der Waals surface area (Å²) in [5.74, 6) is -1.26. The Morgan fingerprint density at radius 2 is 1.89 bits per heavy atom. The molecule has 0 spiro atoms. The van der Waals surface area contributed by atoms with Gasteiger partial charge in [-0.2, -0.15) is 0 Å². The predicted octanol–water partition coefficient (Wildman–Crippen LogP) is 2.34. The Labute approximate surface area is 110 Å². The molecule has 2 aromatic rings. The molecule has 0 aliphatic heterocycles. The summed E-state index contributed by atoms with van der Waals surface area (Å²) < 4.78 is 5.07. The van der Waals surface area contributed by atoms with E-state index in [4.69, 9.17) is 4.42 Å². The van der Waals surface area contributed by atoms with E-state index in [0.717, 1.165) is 0 Å². The molecule has 1 heterocycles. The van der Waals surface area contributed by atoms with Crippen molar-refractivity contribution in [1.82, 2.24) is 0 Å². The topological polar surface area (TPSA) is 70.8 Å². The molecule has 1 N–H and O–H groups in total. The highest BCUT2D eigenvalue weighted by Gasteiger charge is 2.23. The number of carbonyl (C=O) groups is 1. The van der Waals surface area contributed by atoms with Gasteiger partial charge in [0.15, 0.2) is 5.56 Å². The molecule has 0 unspecified atom stereocenters. The van der Waals surface area contributed by atoms with Gasteiger partial charge in [-0.05, 0) is 26.0 Å². The summed E-state index contributed by atoms with van der Waals surface area (Å²) >= 11 is 0.